The van der Waals surface area contributed by atoms with Crippen molar-refractivity contribution >= 4 is 23.4 Å². The third-order valence-electron chi connectivity index (χ3n) is 2.92. The van der Waals surface area contributed by atoms with Crippen molar-refractivity contribution in [3.63, 3.8) is 0 Å². The van der Waals surface area contributed by atoms with Crippen LogP contribution in [0.4, 0.5) is 17.5 Å². The van der Waals surface area contributed by atoms with E-state index in [1.165, 1.54) is 0 Å². The predicted molar refractivity (Wildman–Crippen MR) is 88.8 cm³/mol. The Morgan fingerprint density at radius 1 is 1.30 bits per heavy atom. The first-order chi connectivity index (χ1) is 11.1. The third-order valence-corrected chi connectivity index (χ3v) is 2.92. The molecule has 0 aliphatic heterocycles. The molecule has 0 fully saturated rings. The number of nitrogens with one attached hydrogen (secondary N) is 2. The quantitative estimate of drug-likeness (QED) is 0.759. The fourth-order valence-corrected chi connectivity index (χ4v) is 1.85. The van der Waals surface area contributed by atoms with E-state index in [2.05, 4.69) is 39.7 Å². The first-order valence-corrected chi connectivity index (χ1v) is 7.57. The zero-order valence-electron chi connectivity index (χ0n) is 13.5. The Morgan fingerprint density at radius 2 is 2.09 bits per heavy atom. The maximum atomic E-state index is 12.0. The average Bonchev–Trinajstić information content (AvgIpc) is 2.54. The van der Waals surface area contributed by atoms with Crippen molar-refractivity contribution < 1.29 is 9.53 Å². The lowest BCUT2D eigenvalue weighted by Crippen LogP contribution is -2.12. The molecule has 7 nitrogen and oxygen atoms in total. The first-order valence-electron chi connectivity index (χ1n) is 7.57. The van der Waals surface area contributed by atoms with Crippen LogP contribution >= 0.6 is 0 Å². The van der Waals surface area contributed by atoms with Crippen LogP contribution < -0.4 is 10.6 Å². The summed E-state index contributed by atoms with van der Waals surface area (Å²) >= 11 is 0. The van der Waals surface area contributed by atoms with Crippen LogP contribution in [0.1, 0.15) is 31.1 Å². The fourth-order valence-electron chi connectivity index (χ4n) is 1.85. The second kappa shape index (κ2) is 8.07. The number of benzene rings is 1. The van der Waals surface area contributed by atoms with Gasteiger partial charge in [-0.25, -0.2) is 4.79 Å². The Morgan fingerprint density at radius 3 is 2.83 bits per heavy atom. The lowest BCUT2D eigenvalue weighted by molar-refractivity contribution is 0.0527. The van der Waals surface area contributed by atoms with Gasteiger partial charge in [0.25, 0.3) is 0 Å². The molecule has 2 N–H and O–H groups in total. The van der Waals surface area contributed by atoms with E-state index in [1.54, 1.807) is 31.3 Å². The monoisotopic (exact) mass is 315 g/mol. The molecule has 1 heterocycles. The number of anilines is 3. The van der Waals surface area contributed by atoms with E-state index in [0.29, 0.717) is 35.5 Å². The van der Waals surface area contributed by atoms with Gasteiger partial charge in [-0.05, 0) is 25.0 Å². The zero-order valence-corrected chi connectivity index (χ0v) is 13.5. The number of carbonyl (C=O) groups excluding carboxylic acids is 1. The summed E-state index contributed by atoms with van der Waals surface area (Å²) in [6.07, 6.45) is 1.56. The number of esters is 1. The van der Waals surface area contributed by atoms with Gasteiger partial charge < -0.3 is 15.4 Å². The summed E-state index contributed by atoms with van der Waals surface area (Å²) in [5, 5.41) is 14.1. The van der Waals surface area contributed by atoms with E-state index in [-0.39, 0.29) is 0 Å². The SMILES string of the molecule is CCOC(=O)c1ccccc1Nc1nncc(NCC(C)C)n1. The molecule has 0 bridgehead atoms. The van der Waals surface area contributed by atoms with Gasteiger partial charge in [-0.1, -0.05) is 26.0 Å². The molecule has 0 saturated carbocycles. The van der Waals surface area contributed by atoms with Crippen molar-refractivity contribution in [3.8, 4) is 0 Å². The van der Waals surface area contributed by atoms with Gasteiger partial charge in [0.05, 0.1) is 24.1 Å². The van der Waals surface area contributed by atoms with Crippen molar-refractivity contribution in [1.29, 1.82) is 0 Å². The molecule has 0 spiro atoms. The summed E-state index contributed by atoms with van der Waals surface area (Å²) in [5.74, 6) is 1.05. The van der Waals surface area contributed by atoms with Crippen molar-refractivity contribution in [2.24, 2.45) is 5.92 Å². The van der Waals surface area contributed by atoms with Gasteiger partial charge in [0.15, 0.2) is 5.82 Å². The molecule has 23 heavy (non-hydrogen) atoms. The highest BCUT2D eigenvalue weighted by Crippen LogP contribution is 2.19. The van der Waals surface area contributed by atoms with Crippen LogP contribution in [0.15, 0.2) is 30.5 Å². The molecule has 0 unspecified atom stereocenters. The number of para-hydroxylation sites is 1. The van der Waals surface area contributed by atoms with E-state index in [1.807, 2.05) is 6.07 Å². The maximum Gasteiger partial charge on any atom is 0.340 e. The molecule has 0 aliphatic rings. The predicted octanol–water partition coefficient (Wildman–Crippen LogP) is 2.86. The molecular weight excluding hydrogens is 294 g/mol. The van der Waals surface area contributed by atoms with Gasteiger partial charge in [-0.2, -0.15) is 10.1 Å². The highest BCUT2D eigenvalue weighted by Gasteiger charge is 2.13. The van der Waals surface area contributed by atoms with E-state index < -0.39 is 5.97 Å². The van der Waals surface area contributed by atoms with E-state index in [0.717, 1.165) is 6.54 Å². The summed E-state index contributed by atoms with van der Waals surface area (Å²) in [4.78, 5) is 16.3. The van der Waals surface area contributed by atoms with Crippen LogP contribution in [-0.2, 0) is 4.74 Å². The Labute approximate surface area is 135 Å². The van der Waals surface area contributed by atoms with Crippen LogP contribution in [0.3, 0.4) is 0 Å². The van der Waals surface area contributed by atoms with Crippen LogP contribution in [0, 0.1) is 5.92 Å². The van der Waals surface area contributed by atoms with Crippen molar-refractivity contribution in [3.05, 3.63) is 36.0 Å². The lowest BCUT2D eigenvalue weighted by Gasteiger charge is -2.11. The number of nitrogens with zero attached hydrogens (tertiary/aromatic N) is 3. The molecule has 1 aromatic carbocycles. The van der Waals surface area contributed by atoms with Gasteiger partial charge in [0.2, 0.25) is 5.95 Å². The van der Waals surface area contributed by atoms with Gasteiger partial charge in [-0.3, -0.25) is 0 Å². The van der Waals surface area contributed by atoms with Gasteiger partial charge in [0.1, 0.15) is 0 Å². The Kier molecular flexibility index (Phi) is 5.85. The molecule has 0 aliphatic carbocycles. The molecule has 2 rings (SSSR count). The molecule has 1 aromatic heterocycles. The summed E-state index contributed by atoms with van der Waals surface area (Å²) in [5.41, 5.74) is 1.01. The van der Waals surface area contributed by atoms with Crippen molar-refractivity contribution in [2.45, 2.75) is 20.8 Å². The average molecular weight is 315 g/mol. The first kappa shape index (κ1) is 16.7. The molecular formula is C16H21N5O2. The summed E-state index contributed by atoms with van der Waals surface area (Å²) < 4.78 is 5.05. The molecule has 0 amide bonds. The Balaban J connectivity index is 2.16. The standard InChI is InChI=1S/C16H21N5O2/c1-4-23-15(22)12-7-5-6-8-13(12)19-16-20-14(10-18-21-16)17-9-11(2)3/h5-8,10-11H,4,9H2,1-3H3,(H2,17,19,20,21). The molecule has 122 valence electrons. The number of carbonyl (C=O) groups is 1. The Bertz CT molecular complexity index is 660. The number of aromatic nitrogens is 3. The highest BCUT2D eigenvalue weighted by atomic mass is 16.5. The number of rotatable bonds is 7. The minimum absolute atomic E-state index is 0.315. The van der Waals surface area contributed by atoms with Crippen molar-refractivity contribution in [2.75, 3.05) is 23.8 Å². The number of hydrogen-bond donors (Lipinski definition) is 2. The normalized spacial score (nSPS) is 10.4. The van der Waals surface area contributed by atoms with Gasteiger partial charge >= 0.3 is 5.97 Å². The summed E-state index contributed by atoms with van der Waals surface area (Å²) in [6.45, 7) is 7.09. The van der Waals surface area contributed by atoms with E-state index in [9.17, 15) is 4.79 Å². The maximum absolute atomic E-state index is 12.0. The fraction of sp³-hybridized carbons (Fsp3) is 0.375. The largest absolute Gasteiger partial charge is 0.462 e. The van der Waals surface area contributed by atoms with Crippen LogP contribution in [0.5, 0.6) is 0 Å². The number of ether oxygens (including phenoxy) is 1. The molecule has 2 aromatic rings. The smallest absolute Gasteiger partial charge is 0.340 e. The lowest BCUT2D eigenvalue weighted by atomic mass is 10.2. The second-order valence-corrected chi connectivity index (χ2v) is 5.33. The summed E-state index contributed by atoms with van der Waals surface area (Å²) in [7, 11) is 0. The highest BCUT2D eigenvalue weighted by molar-refractivity contribution is 5.96. The molecule has 0 saturated heterocycles. The Hall–Kier alpha value is -2.70. The number of hydrogen-bond acceptors (Lipinski definition) is 7. The van der Waals surface area contributed by atoms with Crippen LogP contribution in [-0.4, -0.2) is 34.3 Å². The minimum Gasteiger partial charge on any atom is -0.462 e. The van der Waals surface area contributed by atoms with Crippen LogP contribution in [0.2, 0.25) is 0 Å². The molecule has 7 heteroatoms. The van der Waals surface area contributed by atoms with Gasteiger partial charge in [-0.15, -0.1) is 5.10 Å². The second-order valence-electron chi connectivity index (χ2n) is 5.33. The minimum atomic E-state index is -0.391. The van der Waals surface area contributed by atoms with E-state index in [4.69, 9.17) is 4.74 Å². The van der Waals surface area contributed by atoms with Gasteiger partial charge in [0, 0.05) is 6.54 Å². The molecule has 0 atom stereocenters. The molecule has 0 radical (unpaired) electrons. The van der Waals surface area contributed by atoms with Crippen LogP contribution in [0.25, 0.3) is 0 Å². The third kappa shape index (κ3) is 4.91. The topological polar surface area (TPSA) is 89.0 Å². The van der Waals surface area contributed by atoms with E-state index >= 15 is 0 Å². The zero-order chi connectivity index (χ0) is 16.7. The van der Waals surface area contributed by atoms with Crippen molar-refractivity contribution in [1.82, 2.24) is 15.2 Å². The summed E-state index contributed by atoms with van der Waals surface area (Å²) in [6, 6.07) is 7.05.